The Bertz CT molecular complexity index is 166. The van der Waals surface area contributed by atoms with Crippen LogP contribution in [0, 0.1) is 0 Å². The van der Waals surface area contributed by atoms with Crippen molar-refractivity contribution in [3.8, 4) is 0 Å². The van der Waals surface area contributed by atoms with Crippen molar-refractivity contribution in [2.24, 2.45) is 0 Å². The van der Waals surface area contributed by atoms with Crippen LogP contribution in [0.15, 0.2) is 0 Å². The monoisotopic (exact) mass is 328 g/mol. The normalized spacial score (nSPS) is 15.6. The molecule has 9 heteroatoms. The van der Waals surface area contributed by atoms with Gasteiger partial charge in [0.2, 0.25) is 0 Å². The van der Waals surface area contributed by atoms with Crippen LogP contribution in [0.1, 0.15) is 0 Å². The minimum Gasteiger partial charge on any atom is -0.360 e. The van der Waals surface area contributed by atoms with E-state index in [9.17, 15) is 0 Å². The fourth-order valence-electron chi connectivity index (χ4n) is 1.97. The van der Waals surface area contributed by atoms with Crippen molar-refractivity contribution in [2.75, 3.05) is 42.7 Å². The molecule has 0 aromatic rings. The molecule has 0 aliphatic rings. The van der Waals surface area contributed by atoms with E-state index in [0.717, 1.165) is 0 Å². The molecular formula is C10H28O6Si3. The minimum absolute atomic E-state index is 0.0475. The van der Waals surface area contributed by atoms with Crippen LogP contribution in [0.2, 0.25) is 4.79 Å². The zero-order valence-electron chi connectivity index (χ0n) is 12.9. The summed E-state index contributed by atoms with van der Waals surface area (Å²) in [4.78, 5) is 0.652. The highest BCUT2D eigenvalue weighted by Crippen LogP contribution is 2.10. The van der Waals surface area contributed by atoms with Crippen LogP contribution >= 0.6 is 0 Å². The summed E-state index contributed by atoms with van der Waals surface area (Å²) in [5.74, 6) is -0.142. The molecule has 0 saturated carbocycles. The van der Waals surface area contributed by atoms with Crippen LogP contribution in [0.4, 0.5) is 0 Å². The zero-order valence-corrected chi connectivity index (χ0v) is 17.1. The molecule has 0 fully saturated rings. The van der Waals surface area contributed by atoms with E-state index in [4.69, 9.17) is 28.4 Å². The van der Waals surface area contributed by atoms with Gasteiger partial charge in [-0.3, -0.25) is 0 Å². The first kappa shape index (κ1) is 19.4. The Morgan fingerprint density at radius 1 is 0.474 bits per heavy atom. The number of ether oxygens (including phenoxy) is 6. The summed E-state index contributed by atoms with van der Waals surface area (Å²) in [6, 6.07) is 0. The van der Waals surface area contributed by atoms with Crippen LogP contribution in [0.3, 0.4) is 0 Å². The summed E-state index contributed by atoms with van der Waals surface area (Å²) in [5, 5.41) is 0. The summed E-state index contributed by atoms with van der Waals surface area (Å²) in [6.07, 6.45) is 0. The van der Waals surface area contributed by atoms with E-state index in [1.807, 2.05) is 0 Å². The fraction of sp³-hybridized carbons (Fsp3) is 1.00. The highest BCUT2D eigenvalue weighted by Gasteiger charge is 2.25. The average Bonchev–Trinajstić information content (AvgIpc) is 2.46. The van der Waals surface area contributed by atoms with Crippen molar-refractivity contribution in [3.05, 3.63) is 0 Å². The smallest absolute Gasteiger partial charge is 0.133 e. The molecule has 0 aliphatic carbocycles. The van der Waals surface area contributed by atoms with Gasteiger partial charge >= 0.3 is 0 Å². The lowest BCUT2D eigenvalue weighted by Gasteiger charge is -2.26. The highest BCUT2D eigenvalue weighted by molar-refractivity contribution is 6.77. The molecule has 116 valence electrons. The summed E-state index contributed by atoms with van der Waals surface area (Å²) >= 11 is 0. The van der Waals surface area contributed by atoms with E-state index < -0.39 is 28.6 Å². The van der Waals surface area contributed by atoms with E-state index in [2.05, 4.69) is 0 Å². The molecule has 0 atom stereocenters. The molecule has 0 spiro atoms. The number of hydrogen-bond donors (Lipinski definition) is 0. The molecule has 0 heterocycles. The van der Waals surface area contributed by atoms with Gasteiger partial charge in [0.1, 0.15) is 17.7 Å². The van der Waals surface area contributed by atoms with Crippen LogP contribution in [0.5, 0.6) is 0 Å². The third-order valence-electron chi connectivity index (χ3n) is 3.15. The van der Waals surface area contributed by atoms with Gasteiger partial charge in [0, 0.05) is 42.7 Å². The summed E-state index contributed by atoms with van der Waals surface area (Å²) < 4.78 is 32.1. The Morgan fingerprint density at radius 2 is 0.684 bits per heavy atom. The van der Waals surface area contributed by atoms with Crippen LogP contribution < -0.4 is 0 Å². The van der Waals surface area contributed by atoms with Gasteiger partial charge in [-0.2, -0.15) is 0 Å². The summed E-state index contributed by atoms with van der Waals surface area (Å²) in [6.45, 7) is 0. The fourth-order valence-corrected chi connectivity index (χ4v) is 12.0. The molecule has 0 amide bonds. The van der Waals surface area contributed by atoms with Gasteiger partial charge in [0.25, 0.3) is 0 Å². The molecule has 19 heavy (non-hydrogen) atoms. The maximum atomic E-state index is 5.35. The lowest BCUT2D eigenvalue weighted by Crippen LogP contribution is -2.40. The molecule has 6 nitrogen and oxygen atoms in total. The van der Waals surface area contributed by atoms with Gasteiger partial charge < -0.3 is 28.4 Å². The molecule has 0 saturated heterocycles. The van der Waals surface area contributed by atoms with Crippen molar-refractivity contribution in [1.82, 2.24) is 0 Å². The molecule has 0 aromatic heterocycles. The first-order valence-electron chi connectivity index (χ1n) is 6.31. The molecule has 0 N–H and O–H groups in total. The number of methoxy groups -OCH3 is 6. The zero-order chi connectivity index (χ0) is 14.7. The Hall–Kier alpha value is 0.411. The third-order valence-corrected chi connectivity index (χ3v) is 14.3. The van der Waals surface area contributed by atoms with Gasteiger partial charge in [-0.1, -0.05) is 4.79 Å². The van der Waals surface area contributed by atoms with Gasteiger partial charge in [-0.05, 0) is 0 Å². The lowest BCUT2D eigenvalue weighted by molar-refractivity contribution is -0.0492. The third kappa shape index (κ3) is 8.32. The van der Waals surface area contributed by atoms with E-state index in [-0.39, 0.29) is 17.7 Å². The SMILES string of the molecule is COC(OC)[SiH2]C([SiH2]C(OC)OC)[SiH2]C(OC)OC. The quantitative estimate of drug-likeness (QED) is 0.303. The van der Waals surface area contributed by atoms with Crippen molar-refractivity contribution in [2.45, 2.75) is 22.5 Å². The lowest BCUT2D eigenvalue weighted by atomic mass is 11.3. The second-order valence-electron chi connectivity index (χ2n) is 4.28. The largest absolute Gasteiger partial charge is 0.360 e. The van der Waals surface area contributed by atoms with Crippen molar-refractivity contribution >= 4 is 28.6 Å². The first-order valence-corrected chi connectivity index (χ1v) is 11.2. The molecule has 0 radical (unpaired) electrons. The minimum atomic E-state index is -0.525. The molecule has 0 aromatic carbocycles. The topological polar surface area (TPSA) is 55.4 Å². The second-order valence-corrected chi connectivity index (χ2v) is 14.6. The van der Waals surface area contributed by atoms with E-state index in [1.54, 1.807) is 42.7 Å². The standard InChI is InChI=1S/C10H28O6Si3/c1-11-7(12-2)17-10(18-8(13-3)14-4)19-9(15-5)16-6/h7-10H,17-19H2,1-6H3. The number of hydrogen-bond acceptors (Lipinski definition) is 6. The molecule has 0 bridgehead atoms. The van der Waals surface area contributed by atoms with Crippen molar-refractivity contribution < 1.29 is 28.4 Å². The highest BCUT2D eigenvalue weighted by atomic mass is 28.3. The van der Waals surface area contributed by atoms with Crippen LogP contribution in [-0.4, -0.2) is 89.0 Å². The molecule has 0 unspecified atom stereocenters. The Kier molecular flexibility index (Phi) is 12.4. The first-order chi connectivity index (χ1) is 9.14. The molecule has 0 rings (SSSR count). The predicted molar refractivity (Wildman–Crippen MR) is 82.8 cm³/mol. The van der Waals surface area contributed by atoms with Gasteiger partial charge in [0.05, 0.1) is 28.6 Å². The van der Waals surface area contributed by atoms with Gasteiger partial charge in [-0.15, -0.1) is 0 Å². The molecular weight excluding hydrogens is 300 g/mol. The molecule has 0 aliphatic heterocycles. The summed E-state index contributed by atoms with van der Waals surface area (Å²) in [7, 11) is 8.57. The Morgan fingerprint density at radius 3 is 0.842 bits per heavy atom. The maximum absolute atomic E-state index is 5.35. The predicted octanol–water partition coefficient (Wildman–Crippen LogP) is -2.07. The second kappa shape index (κ2) is 12.2. The number of rotatable bonds is 12. The van der Waals surface area contributed by atoms with Crippen molar-refractivity contribution in [3.63, 3.8) is 0 Å². The van der Waals surface area contributed by atoms with Crippen LogP contribution in [0.25, 0.3) is 0 Å². The average molecular weight is 329 g/mol. The van der Waals surface area contributed by atoms with Gasteiger partial charge in [0.15, 0.2) is 0 Å². The Balaban J connectivity index is 4.51. The summed E-state index contributed by atoms with van der Waals surface area (Å²) in [5.41, 5.74) is 0. The van der Waals surface area contributed by atoms with Gasteiger partial charge in [-0.25, -0.2) is 0 Å². The maximum Gasteiger partial charge on any atom is 0.133 e. The van der Waals surface area contributed by atoms with E-state index >= 15 is 0 Å². The Labute approximate surface area is 122 Å². The van der Waals surface area contributed by atoms with Crippen LogP contribution in [-0.2, 0) is 28.4 Å². The van der Waals surface area contributed by atoms with E-state index in [0.29, 0.717) is 4.79 Å². The van der Waals surface area contributed by atoms with E-state index in [1.165, 1.54) is 0 Å². The van der Waals surface area contributed by atoms with Crippen molar-refractivity contribution in [1.29, 1.82) is 0 Å².